The Morgan fingerprint density at radius 3 is 2.25 bits per heavy atom. The number of hydrogen-bond donors (Lipinski definition) is 1. The van der Waals surface area contributed by atoms with Gasteiger partial charge < -0.3 is 5.32 Å². The number of carbonyl (C=O) groups is 1. The van der Waals surface area contributed by atoms with Gasteiger partial charge in [0, 0.05) is 32.7 Å². The Kier molecular flexibility index (Phi) is 5.86. The minimum Gasteiger partial charge on any atom is -0.324 e. The van der Waals surface area contributed by atoms with Crippen molar-refractivity contribution in [2.24, 2.45) is 0 Å². The first kappa shape index (κ1) is 17.0. The molecule has 1 heterocycles. The topological polar surface area (TPSA) is 35.6 Å². The second-order valence-electron chi connectivity index (χ2n) is 6.07. The summed E-state index contributed by atoms with van der Waals surface area (Å²) < 4.78 is 0. The van der Waals surface area contributed by atoms with E-state index < -0.39 is 0 Å². The average Bonchev–Trinajstić information content (AvgIpc) is 2.60. The second-order valence-corrected chi connectivity index (χ2v) is 6.47. The normalized spacial score (nSPS) is 16.0. The molecule has 0 atom stereocenters. The largest absolute Gasteiger partial charge is 0.324 e. The van der Waals surface area contributed by atoms with Gasteiger partial charge in [-0.2, -0.15) is 0 Å². The van der Waals surface area contributed by atoms with Crippen LogP contribution in [0.2, 0.25) is 5.02 Å². The van der Waals surface area contributed by atoms with E-state index >= 15 is 0 Å². The Bertz CT molecular complexity index is 669. The van der Waals surface area contributed by atoms with E-state index in [1.165, 1.54) is 5.56 Å². The van der Waals surface area contributed by atoms with Gasteiger partial charge in [-0.05, 0) is 17.7 Å². The van der Waals surface area contributed by atoms with E-state index in [2.05, 4.69) is 39.4 Å². The maximum absolute atomic E-state index is 12.2. The lowest BCUT2D eigenvalue weighted by molar-refractivity contribution is -0.117. The van der Waals surface area contributed by atoms with Gasteiger partial charge >= 0.3 is 0 Å². The molecule has 0 unspecified atom stereocenters. The van der Waals surface area contributed by atoms with Crippen molar-refractivity contribution in [2.75, 3.05) is 38.0 Å². The van der Waals surface area contributed by atoms with E-state index in [4.69, 9.17) is 11.6 Å². The number of carbonyl (C=O) groups excluding carboxylic acids is 1. The van der Waals surface area contributed by atoms with E-state index in [9.17, 15) is 4.79 Å². The number of para-hydroxylation sites is 1. The summed E-state index contributed by atoms with van der Waals surface area (Å²) in [5.74, 6) is -0.0143. The summed E-state index contributed by atoms with van der Waals surface area (Å²) in [6.45, 7) is 5.15. The second kappa shape index (κ2) is 8.29. The molecule has 0 spiro atoms. The summed E-state index contributed by atoms with van der Waals surface area (Å²) in [4.78, 5) is 16.8. The van der Waals surface area contributed by atoms with Gasteiger partial charge in [0.05, 0.1) is 17.3 Å². The van der Waals surface area contributed by atoms with Gasteiger partial charge in [0.15, 0.2) is 0 Å². The van der Waals surface area contributed by atoms with Crippen molar-refractivity contribution in [3.8, 4) is 0 Å². The fourth-order valence-corrected chi connectivity index (χ4v) is 3.09. The average molecular weight is 344 g/mol. The van der Waals surface area contributed by atoms with Crippen LogP contribution in [-0.4, -0.2) is 48.4 Å². The van der Waals surface area contributed by atoms with Crippen molar-refractivity contribution in [3.05, 3.63) is 65.2 Å². The van der Waals surface area contributed by atoms with E-state index in [1.54, 1.807) is 6.07 Å². The highest BCUT2D eigenvalue weighted by atomic mass is 35.5. The van der Waals surface area contributed by atoms with Crippen LogP contribution in [0.5, 0.6) is 0 Å². The van der Waals surface area contributed by atoms with Gasteiger partial charge in [0.1, 0.15) is 0 Å². The molecule has 1 aliphatic heterocycles. The first-order chi connectivity index (χ1) is 11.7. The van der Waals surface area contributed by atoms with E-state index in [1.807, 2.05) is 24.3 Å². The molecule has 0 radical (unpaired) electrons. The molecule has 0 aliphatic carbocycles. The molecule has 1 saturated heterocycles. The van der Waals surface area contributed by atoms with Crippen molar-refractivity contribution < 1.29 is 4.79 Å². The third-order valence-electron chi connectivity index (χ3n) is 4.23. The Hall–Kier alpha value is -1.88. The fourth-order valence-electron chi connectivity index (χ4n) is 2.90. The summed E-state index contributed by atoms with van der Waals surface area (Å²) in [7, 11) is 0. The SMILES string of the molecule is O=C(CN1CCN(Cc2ccccc2)CC1)Nc1ccccc1Cl. The smallest absolute Gasteiger partial charge is 0.238 e. The Morgan fingerprint density at radius 1 is 0.917 bits per heavy atom. The van der Waals surface area contributed by atoms with Crippen molar-refractivity contribution in [1.29, 1.82) is 0 Å². The summed E-state index contributed by atoms with van der Waals surface area (Å²) in [6.07, 6.45) is 0. The predicted molar refractivity (Wildman–Crippen MR) is 98.2 cm³/mol. The van der Waals surface area contributed by atoms with Crippen LogP contribution in [-0.2, 0) is 11.3 Å². The molecule has 24 heavy (non-hydrogen) atoms. The number of nitrogens with one attached hydrogen (secondary N) is 1. The highest BCUT2D eigenvalue weighted by Gasteiger charge is 2.19. The molecule has 1 aliphatic rings. The molecule has 0 aromatic heterocycles. The molecule has 3 rings (SSSR count). The molecule has 126 valence electrons. The van der Waals surface area contributed by atoms with Crippen LogP contribution in [0.3, 0.4) is 0 Å². The summed E-state index contributed by atoms with van der Waals surface area (Å²) in [6, 6.07) is 17.8. The number of benzene rings is 2. The maximum atomic E-state index is 12.2. The molecule has 4 nitrogen and oxygen atoms in total. The summed E-state index contributed by atoms with van der Waals surface area (Å²) in [5, 5.41) is 3.45. The number of nitrogens with zero attached hydrogens (tertiary/aromatic N) is 2. The van der Waals surface area contributed by atoms with Gasteiger partial charge in [-0.15, -0.1) is 0 Å². The Balaban J connectivity index is 1.43. The van der Waals surface area contributed by atoms with Crippen LogP contribution in [0.25, 0.3) is 0 Å². The van der Waals surface area contributed by atoms with E-state index in [-0.39, 0.29) is 5.91 Å². The van der Waals surface area contributed by atoms with Gasteiger partial charge in [-0.3, -0.25) is 14.6 Å². The number of rotatable bonds is 5. The zero-order valence-corrected chi connectivity index (χ0v) is 14.4. The Labute approximate surface area is 148 Å². The number of piperazine rings is 1. The lowest BCUT2D eigenvalue weighted by atomic mass is 10.2. The van der Waals surface area contributed by atoms with Crippen LogP contribution in [0.1, 0.15) is 5.56 Å². The predicted octanol–water partition coefficient (Wildman–Crippen LogP) is 3.10. The molecule has 1 amide bonds. The van der Waals surface area contributed by atoms with Crippen LogP contribution in [0.15, 0.2) is 54.6 Å². The van der Waals surface area contributed by atoms with Crippen LogP contribution in [0.4, 0.5) is 5.69 Å². The highest BCUT2D eigenvalue weighted by molar-refractivity contribution is 6.33. The quantitative estimate of drug-likeness (QED) is 0.906. The Morgan fingerprint density at radius 2 is 1.54 bits per heavy atom. The third-order valence-corrected chi connectivity index (χ3v) is 4.56. The molecular formula is C19H22ClN3O. The molecule has 2 aromatic carbocycles. The molecule has 1 fully saturated rings. The number of halogens is 1. The molecule has 0 saturated carbocycles. The summed E-state index contributed by atoms with van der Waals surface area (Å²) >= 11 is 6.07. The maximum Gasteiger partial charge on any atom is 0.238 e. The standard InChI is InChI=1S/C19H22ClN3O/c20-17-8-4-5-9-18(17)21-19(24)15-23-12-10-22(11-13-23)14-16-6-2-1-3-7-16/h1-9H,10-15H2,(H,21,24). The molecule has 5 heteroatoms. The van der Waals surface area contributed by atoms with Crippen molar-refractivity contribution in [3.63, 3.8) is 0 Å². The summed E-state index contributed by atoms with van der Waals surface area (Å²) in [5.41, 5.74) is 2.01. The highest BCUT2D eigenvalue weighted by Crippen LogP contribution is 2.20. The van der Waals surface area contributed by atoms with Crippen LogP contribution >= 0.6 is 11.6 Å². The van der Waals surface area contributed by atoms with Crippen LogP contribution < -0.4 is 5.32 Å². The number of anilines is 1. The van der Waals surface area contributed by atoms with Gasteiger partial charge in [0.2, 0.25) is 5.91 Å². The molecular weight excluding hydrogens is 322 g/mol. The van der Waals surface area contributed by atoms with Gasteiger partial charge in [-0.1, -0.05) is 54.1 Å². The first-order valence-corrected chi connectivity index (χ1v) is 8.61. The molecule has 1 N–H and O–H groups in total. The van der Waals surface area contributed by atoms with Gasteiger partial charge in [0.25, 0.3) is 0 Å². The lowest BCUT2D eigenvalue weighted by Crippen LogP contribution is -2.48. The zero-order valence-electron chi connectivity index (χ0n) is 13.6. The minimum absolute atomic E-state index is 0.0143. The van der Waals surface area contributed by atoms with E-state index in [0.717, 1.165) is 32.7 Å². The molecule has 0 bridgehead atoms. The fraction of sp³-hybridized carbons (Fsp3) is 0.316. The zero-order chi connectivity index (χ0) is 16.8. The first-order valence-electron chi connectivity index (χ1n) is 8.24. The van der Waals surface area contributed by atoms with Crippen molar-refractivity contribution >= 4 is 23.2 Å². The third kappa shape index (κ3) is 4.81. The van der Waals surface area contributed by atoms with Crippen molar-refractivity contribution in [1.82, 2.24) is 9.80 Å². The minimum atomic E-state index is -0.0143. The van der Waals surface area contributed by atoms with Crippen LogP contribution in [0, 0.1) is 0 Å². The number of hydrogen-bond acceptors (Lipinski definition) is 3. The molecule has 2 aromatic rings. The number of amides is 1. The van der Waals surface area contributed by atoms with E-state index in [0.29, 0.717) is 17.3 Å². The van der Waals surface area contributed by atoms with Crippen molar-refractivity contribution in [2.45, 2.75) is 6.54 Å². The van der Waals surface area contributed by atoms with Gasteiger partial charge in [-0.25, -0.2) is 0 Å². The lowest BCUT2D eigenvalue weighted by Gasteiger charge is -2.34. The monoisotopic (exact) mass is 343 g/mol.